The van der Waals surface area contributed by atoms with E-state index in [1.807, 2.05) is 27.9 Å². The summed E-state index contributed by atoms with van der Waals surface area (Å²) in [6.07, 6.45) is 1.18. The molecule has 0 atom stereocenters. The largest absolute Gasteiger partial charge is 0.490 e. The first-order chi connectivity index (χ1) is 18.9. The quantitative estimate of drug-likeness (QED) is 0.0879. The van der Waals surface area contributed by atoms with Crippen LogP contribution in [0.3, 0.4) is 0 Å². The van der Waals surface area contributed by atoms with E-state index in [9.17, 15) is 32.9 Å². The minimum Gasteiger partial charge on any atom is -0.490 e. The van der Waals surface area contributed by atoms with Crippen molar-refractivity contribution >= 4 is 79.6 Å². The Bertz CT molecular complexity index is 1690. The van der Waals surface area contributed by atoms with Crippen molar-refractivity contribution in [2.75, 3.05) is 11.5 Å². The number of nitrogens with zero attached hydrogens (tertiary/aromatic N) is 2. The van der Waals surface area contributed by atoms with E-state index in [0.29, 0.717) is 9.92 Å². The maximum Gasteiger partial charge on any atom is 0.339 e. The fraction of sp³-hybridized carbons (Fsp3) is 0.0800. The van der Waals surface area contributed by atoms with Crippen LogP contribution in [-0.2, 0) is 19.7 Å². The van der Waals surface area contributed by atoms with E-state index in [2.05, 4.69) is 0 Å². The van der Waals surface area contributed by atoms with Gasteiger partial charge < -0.3 is 8.92 Å². The molecule has 1 aliphatic rings. The van der Waals surface area contributed by atoms with Crippen molar-refractivity contribution in [3.63, 3.8) is 0 Å². The van der Waals surface area contributed by atoms with Crippen molar-refractivity contribution in [1.29, 1.82) is 0 Å². The molecule has 40 heavy (non-hydrogen) atoms. The number of urea groups is 1. The third-order valence-electron chi connectivity index (χ3n) is 5.34. The molecule has 0 bridgehead atoms. The van der Waals surface area contributed by atoms with Crippen LogP contribution in [0, 0.1) is 13.7 Å². The normalized spacial score (nSPS) is 14.7. The number of nitro groups is 1. The Hall–Kier alpha value is -4.02. The van der Waals surface area contributed by atoms with Crippen molar-refractivity contribution < 1.29 is 36.6 Å². The molecule has 12 nitrogen and oxygen atoms in total. The van der Waals surface area contributed by atoms with Gasteiger partial charge in [-0.1, -0.05) is 17.7 Å². The summed E-state index contributed by atoms with van der Waals surface area (Å²) in [5, 5.41) is 13.5. The fourth-order valence-electron chi connectivity index (χ4n) is 3.58. The van der Waals surface area contributed by atoms with Crippen LogP contribution in [0.1, 0.15) is 12.5 Å². The lowest BCUT2D eigenvalue weighted by Gasteiger charge is -2.26. The minimum absolute atomic E-state index is 0.00840. The lowest BCUT2D eigenvalue weighted by molar-refractivity contribution is -0.384. The summed E-state index contributed by atoms with van der Waals surface area (Å²) >= 11 is 7.65. The minimum atomic E-state index is -4.27. The standard InChI is InChI=1S/C25H17ClIN3O9S/c1-2-38-21-12-14(11-20(27)22(21)39-40(36,37)18-8-6-15(26)7-9-18)10-19-23(31)28-25(33)29(24(19)32)16-4-3-5-17(13-16)30(34)35/h3-13H,2H2,1H3,(H,28,31,33)/b19-10+. The van der Waals surface area contributed by atoms with Gasteiger partial charge in [-0.25, -0.2) is 9.69 Å². The van der Waals surface area contributed by atoms with Gasteiger partial charge in [0.05, 0.1) is 20.8 Å². The first-order valence-corrected chi connectivity index (χ1v) is 14.1. The Morgan fingerprint density at radius 1 is 1.10 bits per heavy atom. The number of benzene rings is 3. The van der Waals surface area contributed by atoms with Gasteiger partial charge in [0.2, 0.25) is 0 Å². The van der Waals surface area contributed by atoms with Crippen LogP contribution in [-0.4, -0.2) is 37.8 Å². The van der Waals surface area contributed by atoms with Crippen LogP contribution in [0.2, 0.25) is 5.02 Å². The van der Waals surface area contributed by atoms with Gasteiger partial charge in [-0.15, -0.1) is 0 Å². The van der Waals surface area contributed by atoms with Crippen LogP contribution in [0.25, 0.3) is 6.08 Å². The van der Waals surface area contributed by atoms with Gasteiger partial charge in [-0.3, -0.25) is 25.0 Å². The van der Waals surface area contributed by atoms with Crippen molar-refractivity contribution in [1.82, 2.24) is 5.32 Å². The molecule has 0 unspecified atom stereocenters. The number of rotatable bonds is 8. The number of barbiturate groups is 1. The highest BCUT2D eigenvalue weighted by atomic mass is 127. The van der Waals surface area contributed by atoms with Crippen molar-refractivity contribution in [3.8, 4) is 11.5 Å². The molecule has 1 N–H and O–H groups in total. The molecule has 1 fully saturated rings. The predicted molar refractivity (Wildman–Crippen MR) is 152 cm³/mol. The monoisotopic (exact) mass is 697 g/mol. The molecular weight excluding hydrogens is 681 g/mol. The molecule has 0 aromatic heterocycles. The van der Waals surface area contributed by atoms with E-state index in [0.717, 1.165) is 6.07 Å². The SMILES string of the molecule is CCOc1cc(/C=C2\C(=O)NC(=O)N(c3cccc([N+](=O)[O-])c3)C2=O)cc(I)c1OS(=O)(=O)c1ccc(Cl)cc1. The summed E-state index contributed by atoms with van der Waals surface area (Å²) in [5.74, 6) is -2.12. The highest BCUT2D eigenvalue weighted by molar-refractivity contribution is 14.1. The second-order valence-electron chi connectivity index (χ2n) is 7.99. The number of ether oxygens (including phenoxy) is 1. The van der Waals surface area contributed by atoms with Gasteiger partial charge >= 0.3 is 16.1 Å². The van der Waals surface area contributed by atoms with Gasteiger partial charge in [-0.05, 0) is 83.6 Å². The number of amides is 4. The van der Waals surface area contributed by atoms with Crippen LogP contribution in [0.15, 0.2) is 71.1 Å². The number of carbonyl (C=O) groups excluding carboxylic acids is 3. The first kappa shape index (κ1) is 29.0. The Labute approximate surface area is 245 Å². The molecule has 1 aliphatic heterocycles. The third-order valence-corrected chi connectivity index (χ3v) is 7.63. The fourth-order valence-corrected chi connectivity index (χ4v) is 5.55. The van der Waals surface area contributed by atoms with E-state index in [4.69, 9.17) is 20.5 Å². The third kappa shape index (κ3) is 6.08. The smallest absolute Gasteiger partial charge is 0.339 e. The van der Waals surface area contributed by atoms with Gasteiger partial charge in [0, 0.05) is 17.2 Å². The number of nitrogens with one attached hydrogen (secondary N) is 1. The molecule has 0 aliphatic carbocycles. The van der Waals surface area contributed by atoms with Crippen molar-refractivity contribution in [2.24, 2.45) is 0 Å². The van der Waals surface area contributed by atoms with Crippen LogP contribution in [0.4, 0.5) is 16.2 Å². The Kier molecular flexibility index (Phi) is 8.41. The average molecular weight is 698 g/mol. The number of halogens is 2. The molecule has 1 heterocycles. The van der Waals surface area contributed by atoms with Crippen LogP contribution < -0.4 is 19.1 Å². The summed E-state index contributed by atoms with van der Waals surface area (Å²) in [7, 11) is -4.27. The van der Waals surface area contributed by atoms with Gasteiger partial charge in [0.25, 0.3) is 17.5 Å². The molecule has 15 heteroatoms. The summed E-state index contributed by atoms with van der Waals surface area (Å²) in [6.45, 7) is 1.79. The second-order valence-corrected chi connectivity index (χ2v) is 11.1. The van der Waals surface area contributed by atoms with Crippen molar-refractivity contribution in [2.45, 2.75) is 11.8 Å². The number of non-ortho nitro benzene ring substituents is 1. The van der Waals surface area contributed by atoms with Gasteiger partial charge in [0.1, 0.15) is 10.5 Å². The number of hydrogen-bond acceptors (Lipinski definition) is 9. The number of hydrogen-bond donors (Lipinski definition) is 1. The summed E-state index contributed by atoms with van der Waals surface area (Å²) in [6, 6.07) is 11.9. The molecule has 0 saturated carbocycles. The lowest BCUT2D eigenvalue weighted by atomic mass is 10.1. The summed E-state index contributed by atoms with van der Waals surface area (Å²) in [4.78, 5) is 49.2. The maximum absolute atomic E-state index is 13.2. The van der Waals surface area contributed by atoms with Crippen LogP contribution >= 0.6 is 34.2 Å². The number of carbonyl (C=O) groups is 3. The first-order valence-electron chi connectivity index (χ1n) is 11.2. The number of anilines is 1. The number of imide groups is 2. The summed E-state index contributed by atoms with van der Waals surface area (Å²) < 4.78 is 37.0. The van der Waals surface area contributed by atoms with E-state index in [1.165, 1.54) is 60.7 Å². The van der Waals surface area contributed by atoms with Crippen molar-refractivity contribution in [3.05, 3.63) is 90.5 Å². The zero-order valence-corrected chi connectivity index (χ0v) is 24.0. The Morgan fingerprint density at radius 2 is 1.80 bits per heavy atom. The zero-order valence-electron chi connectivity index (χ0n) is 20.3. The molecule has 4 rings (SSSR count). The Balaban J connectivity index is 1.72. The molecular formula is C25H17ClIN3O9S. The second kappa shape index (κ2) is 11.6. The zero-order chi connectivity index (χ0) is 29.2. The average Bonchev–Trinajstić information content (AvgIpc) is 2.89. The predicted octanol–water partition coefficient (Wildman–Crippen LogP) is 4.69. The van der Waals surface area contributed by atoms with Gasteiger partial charge in [0.15, 0.2) is 11.5 Å². The van der Waals surface area contributed by atoms with Crippen LogP contribution in [0.5, 0.6) is 11.5 Å². The lowest BCUT2D eigenvalue weighted by Crippen LogP contribution is -2.54. The molecule has 4 amide bonds. The van der Waals surface area contributed by atoms with E-state index in [-0.39, 0.29) is 43.5 Å². The molecule has 0 spiro atoms. The molecule has 206 valence electrons. The molecule has 3 aromatic carbocycles. The summed E-state index contributed by atoms with van der Waals surface area (Å²) in [5.41, 5.74) is -0.681. The maximum atomic E-state index is 13.2. The topological polar surface area (TPSA) is 162 Å². The van der Waals surface area contributed by atoms with Gasteiger partial charge in [-0.2, -0.15) is 8.42 Å². The highest BCUT2D eigenvalue weighted by Crippen LogP contribution is 2.37. The van der Waals surface area contributed by atoms with E-state index in [1.54, 1.807) is 6.92 Å². The van der Waals surface area contributed by atoms with E-state index >= 15 is 0 Å². The molecule has 3 aromatic rings. The Morgan fingerprint density at radius 3 is 2.45 bits per heavy atom. The molecule has 0 radical (unpaired) electrons. The molecule has 1 saturated heterocycles. The number of nitro benzene ring substituents is 1. The van der Waals surface area contributed by atoms with E-state index < -0.39 is 38.5 Å². The highest BCUT2D eigenvalue weighted by Gasteiger charge is 2.37.